The molecule has 1 heterocycles. The van der Waals surface area contributed by atoms with Crippen molar-refractivity contribution in [3.8, 4) is 0 Å². The number of rotatable bonds is 5. The number of hydrogen-bond donors (Lipinski definition) is 1. The van der Waals surface area contributed by atoms with Crippen LogP contribution in [0.1, 0.15) is 40.5 Å². The van der Waals surface area contributed by atoms with E-state index < -0.39 is 30.5 Å². The van der Waals surface area contributed by atoms with Crippen molar-refractivity contribution >= 4 is 11.8 Å². The van der Waals surface area contributed by atoms with Crippen LogP contribution in [0.25, 0.3) is 0 Å². The molecule has 0 aliphatic carbocycles. The molecule has 1 fully saturated rings. The smallest absolute Gasteiger partial charge is 0.255 e. The molecule has 0 aromatic heterocycles. The van der Waals surface area contributed by atoms with Crippen LogP contribution in [0.15, 0.2) is 0 Å². The first-order chi connectivity index (χ1) is 8.71. The molecule has 2 unspecified atom stereocenters. The second kappa shape index (κ2) is 5.84. The summed E-state index contributed by atoms with van der Waals surface area (Å²) in [7, 11) is 0. The first-order valence-electron chi connectivity index (χ1n) is 6.62. The molecular formula is C13H22F2N2O2. The molecule has 1 N–H and O–H groups in total. The van der Waals surface area contributed by atoms with Crippen LogP contribution >= 0.6 is 0 Å². The van der Waals surface area contributed by atoms with Gasteiger partial charge in [0, 0.05) is 0 Å². The van der Waals surface area contributed by atoms with E-state index in [0.717, 1.165) is 4.90 Å². The van der Waals surface area contributed by atoms with Crippen molar-refractivity contribution in [2.24, 2.45) is 5.92 Å². The van der Waals surface area contributed by atoms with Crippen LogP contribution in [0.3, 0.4) is 0 Å². The molecule has 2 atom stereocenters. The van der Waals surface area contributed by atoms with Crippen molar-refractivity contribution in [3.63, 3.8) is 0 Å². The zero-order valence-electron chi connectivity index (χ0n) is 11.9. The van der Waals surface area contributed by atoms with Gasteiger partial charge < -0.3 is 10.2 Å². The van der Waals surface area contributed by atoms with Crippen LogP contribution in [0.2, 0.25) is 0 Å². The van der Waals surface area contributed by atoms with Crippen molar-refractivity contribution in [3.05, 3.63) is 0 Å². The Morgan fingerprint density at radius 1 is 1.37 bits per heavy atom. The average molecular weight is 276 g/mol. The normalized spacial score (nSPS) is 28.2. The summed E-state index contributed by atoms with van der Waals surface area (Å²) < 4.78 is 25.3. The molecule has 1 aliphatic rings. The van der Waals surface area contributed by atoms with E-state index in [2.05, 4.69) is 5.32 Å². The van der Waals surface area contributed by atoms with Crippen molar-refractivity contribution in [1.29, 1.82) is 0 Å². The highest BCUT2D eigenvalue weighted by molar-refractivity contribution is 5.99. The zero-order valence-corrected chi connectivity index (χ0v) is 11.9. The van der Waals surface area contributed by atoms with Gasteiger partial charge in [0.2, 0.25) is 11.8 Å². The predicted octanol–water partition coefficient (Wildman–Crippen LogP) is 1.79. The van der Waals surface area contributed by atoms with Crippen molar-refractivity contribution in [1.82, 2.24) is 10.2 Å². The number of nitrogens with one attached hydrogen (secondary N) is 1. The van der Waals surface area contributed by atoms with Gasteiger partial charge in [-0.15, -0.1) is 0 Å². The standard InChI is InChI=1S/C13H22F2N2O2/c1-5-13(4)12(19)17(7-10(14)15)9(6-8(2)3)11(18)16-13/h8-10H,5-7H2,1-4H3,(H,16,18). The number of carbonyl (C=O) groups excluding carboxylic acids is 2. The molecule has 0 saturated carbocycles. The summed E-state index contributed by atoms with van der Waals surface area (Å²) in [4.78, 5) is 25.5. The van der Waals surface area contributed by atoms with E-state index in [0.29, 0.717) is 12.8 Å². The Bertz CT molecular complexity index is 361. The molecule has 0 aromatic carbocycles. The Morgan fingerprint density at radius 2 is 1.95 bits per heavy atom. The van der Waals surface area contributed by atoms with Gasteiger partial charge in [-0.1, -0.05) is 20.8 Å². The third-order valence-corrected chi connectivity index (χ3v) is 3.55. The van der Waals surface area contributed by atoms with Gasteiger partial charge in [0.15, 0.2) is 0 Å². The third kappa shape index (κ3) is 3.42. The molecule has 1 aliphatic heterocycles. The lowest BCUT2D eigenvalue weighted by atomic mass is 9.89. The van der Waals surface area contributed by atoms with Gasteiger partial charge in [0.1, 0.15) is 11.6 Å². The minimum Gasteiger partial charge on any atom is -0.340 e. The van der Waals surface area contributed by atoms with Gasteiger partial charge in [0.25, 0.3) is 6.43 Å². The summed E-state index contributed by atoms with van der Waals surface area (Å²) in [5.41, 5.74) is -1.07. The SMILES string of the molecule is CCC1(C)NC(=O)C(CC(C)C)N(CC(F)F)C1=O. The summed E-state index contributed by atoms with van der Waals surface area (Å²) in [6, 6.07) is -0.791. The van der Waals surface area contributed by atoms with Crippen molar-refractivity contribution in [2.45, 2.75) is 58.5 Å². The van der Waals surface area contributed by atoms with E-state index in [1.165, 1.54) is 0 Å². The Hall–Kier alpha value is -1.20. The largest absolute Gasteiger partial charge is 0.340 e. The van der Waals surface area contributed by atoms with Crippen molar-refractivity contribution in [2.75, 3.05) is 6.54 Å². The topological polar surface area (TPSA) is 49.4 Å². The molecule has 1 rings (SSSR count). The summed E-state index contributed by atoms with van der Waals surface area (Å²) in [6.07, 6.45) is -1.86. The van der Waals surface area contributed by atoms with E-state index in [4.69, 9.17) is 0 Å². The lowest BCUT2D eigenvalue weighted by Gasteiger charge is -2.44. The monoisotopic (exact) mass is 276 g/mol. The molecule has 110 valence electrons. The number of carbonyl (C=O) groups is 2. The van der Waals surface area contributed by atoms with Crippen LogP contribution in [0.4, 0.5) is 8.78 Å². The van der Waals surface area contributed by atoms with Gasteiger partial charge >= 0.3 is 0 Å². The van der Waals surface area contributed by atoms with Crippen LogP contribution in [0, 0.1) is 5.92 Å². The third-order valence-electron chi connectivity index (χ3n) is 3.55. The second-order valence-corrected chi connectivity index (χ2v) is 5.67. The van der Waals surface area contributed by atoms with Gasteiger partial charge in [-0.25, -0.2) is 8.78 Å². The highest BCUT2D eigenvalue weighted by Crippen LogP contribution is 2.25. The lowest BCUT2D eigenvalue weighted by molar-refractivity contribution is -0.157. The average Bonchev–Trinajstić information content (AvgIpc) is 2.30. The first kappa shape index (κ1) is 15.9. The Balaban J connectivity index is 3.03. The van der Waals surface area contributed by atoms with Gasteiger partial charge in [-0.3, -0.25) is 9.59 Å². The van der Waals surface area contributed by atoms with Gasteiger partial charge in [-0.2, -0.15) is 0 Å². The van der Waals surface area contributed by atoms with Crippen molar-refractivity contribution < 1.29 is 18.4 Å². The molecule has 0 bridgehead atoms. The number of halogens is 2. The fraction of sp³-hybridized carbons (Fsp3) is 0.846. The highest BCUT2D eigenvalue weighted by Gasteiger charge is 2.47. The van der Waals surface area contributed by atoms with Crippen LogP contribution in [-0.2, 0) is 9.59 Å². The molecule has 1 saturated heterocycles. The van der Waals surface area contributed by atoms with E-state index in [9.17, 15) is 18.4 Å². The van der Waals surface area contributed by atoms with Gasteiger partial charge in [0.05, 0.1) is 6.54 Å². The van der Waals surface area contributed by atoms with Gasteiger partial charge in [-0.05, 0) is 25.7 Å². The van der Waals surface area contributed by atoms with Crippen LogP contribution in [-0.4, -0.2) is 41.3 Å². The minimum atomic E-state index is -2.63. The van der Waals surface area contributed by atoms with E-state index in [1.807, 2.05) is 13.8 Å². The number of piperazine rings is 1. The molecule has 0 aromatic rings. The maximum absolute atomic E-state index is 12.7. The fourth-order valence-corrected chi connectivity index (χ4v) is 2.29. The maximum Gasteiger partial charge on any atom is 0.255 e. The zero-order chi connectivity index (χ0) is 14.8. The van der Waals surface area contributed by atoms with E-state index in [-0.39, 0.29) is 11.8 Å². The molecule has 2 amide bonds. The predicted molar refractivity (Wildman–Crippen MR) is 67.8 cm³/mol. The Labute approximate surface area is 112 Å². The van der Waals surface area contributed by atoms with Crippen LogP contribution < -0.4 is 5.32 Å². The minimum absolute atomic E-state index is 0.148. The quantitative estimate of drug-likeness (QED) is 0.832. The number of nitrogens with zero attached hydrogens (tertiary/aromatic N) is 1. The molecule has 4 nitrogen and oxygen atoms in total. The van der Waals surface area contributed by atoms with Crippen LogP contribution in [0.5, 0.6) is 0 Å². The number of amides is 2. The molecule has 0 spiro atoms. The summed E-state index contributed by atoms with van der Waals surface area (Å²) in [6.45, 7) is 6.44. The highest BCUT2D eigenvalue weighted by atomic mass is 19.3. The second-order valence-electron chi connectivity index (χ2n) is 5.67. The summed E-state index contributed by atoms with van der Waals surface area (Å²) in [5.74, 6) is -0.603. The Kier molecular flexibility index (Phi) is 4.87. The lowest BCUT2D eigenvalue weighted by Crippen LogP contribution is -2.69. The summed E-state index contributed by atoms with van der Waals surface area (Å²) >= 11 is 0. The number of hydrogen-bond acceptors (Lipinski definition) is 2. The molecular weight excluding hydrogens is 254 g/mol. The van der Waals surface area contributed by atoms with E-state index >= 15 is 0 Å². The summed E-state index contributed by atoms with van der Waals surface area (Å²) in [5, 5.41) is 2.68. The first-order valence-corrected chi connectivity index (χ1v) is 6.62. The molecule has 6 heteroatoms. The molecule has 0 radical (unpaired) electrons. The maximum atomic E-state index is 12.7. The van der Waals surface area contributed by atoms with E-state index in [1.54, 1.807) is 13.8 Å². The number of alkyl halides is 2. The fourth-order valence-electron chi connectivity index (χ4n) is 2.29. The molecule has 19 heavy (non-hydrogen) atoms. The Morgan fingerprint density at radius 3 is 2.37 bits per heavy atom.